The summed E-state index contributed by atoms with van der Waals surface area (Å²) in [5.41, 5.74) is 2.47. The molecule has 1 unspecified atom stereocenters. The van der Waals surface area contributed by atoms with Crippen LogP contribution >= 0.6 is 0 Å². The van der Waals surface area contributed by atoms with Crippen LogP contribution in [0.15, 0.2) is 48.5 Å². The zero-order valence-electron chi connectivity index (χ0n) is 12.8. The lowest BCUT2D eigenvalue weighted by Crippen LogP contribution is -2.34. The normalized spacial score (nSPS) is 17.6. The number of aryl methyl sites for hydroxylation is 1. The van der Waals surface area contributed by atoms with Crippen LogP contribution in [0.25, 0.3) is 0 Å². The Hall–Kier alpha value is -2.82. The number of carbonyl (C=O) groups is 2. The van der Waals surface area contributed by atoms with Crippen molar-refractivity contribution in [3.8, 4) is 5.75 Å². The fourth-order valence-corrected chi connectivity index (χ4v) is 2.77. The van der Waals surface area contributed by atoms with Gasteiger partial charge in [0.2, 0.25) is 5.91 Å². The average molecular weight is 310 g/mol. The molecular weight excluding hydrogens is 292 g/mol. The second-order valence-corrected chi connectivity index (χ2v) is 5.50. The van der Waals surface area contributed by atoms with Crippen molar-refractivity contribution in [2.24, 2.45) is 0 Å². The third kappa shape index (κ3) is 2.90. The molecule has 1 saturated heterocycles. The molecule has 2 aromatic rings. The van der Waals surface area contributed by atoms with Gasteiger partial charge in [0, 0.05) is 5.69 Å². The van der Waals surface area contributed by atoms with E-state index >= 15 is 0 Å². The summed E-state index contributed by atoms with van der Waals surface area (Å²) in [6, 6.07) is 13.3. The number of amides is 2. The molecule has 23 heavy (non-hydrogen) atoms. The van der Waals surface area contributed by atoms with Crippen molar-refractivity contribution in [2.45, 2.75) is 25.8 Å². The van der Waals surface area contributed by atoms with Gasteiger partial charge in [-0.05, 0) is 42.3 Å². The van der Waals surface area contributed by atoms with E-state index in [0.717, 1.165) is 17.7 Å². The van der Waals surface area contributed by atoms with Gasteiger partial charge in [0.05, 0.1) is 12.1 Å². The van der Waals surface area contributed by atoms with Crippen molar-refractivity contribution >= 4 is 23.2 Å². The van der Waals surface area contributed by atoms with Crippen molar-refractivity contribution in [3.05, 3.63) is 54.1 Å². The summed E-state index contributed by atoms with van der Waals surface area (Å²) in [4.78, 5) is 26.0. The van der Waals surface area contributed by atoms with Gasteiger partial charge in [0.25, 0.3) is 5.91 Å². The van der Waals surface area contributed by atoms with Gasteiger partial charge in [-0.1, -0.05) is 25.1 Å². The predicted octanol–water partition coefficient (Wildman–Crippen LogP) is 2.70. The molecule has 1 atom stereocenters. The Morgan fingerprint density at radius 1 is 1.13 bits per heavy atom. The van der Waals surface area contributed by atoms with E-state index in [1.165, 1.54) is 17.0 Å². The highest BCUT2D eigenvalue weighted by Gasteiger charge is 2.39. The first-order valence-electron chi connectivity index (χ1n) is 7.60. The lowest BCUT2D eigenvalue weighted by molar-refractivity contribution is -0.121. The number of phenols is 1. The molecule has 0 bridgehead atoms. The quantitative estimate of drug-likeness (QED) is 0.852. The smallest absolute Gasteiger partial charge is 0.256 e. The topological polar surface area (TPSA) is 69.6 Å². The fraction of sp³-hybridized carbons (Fsp3) is 0.222. The summed E-state index contributed by atoms with van der Waals surface area (Å²) in [6.07, 6.45) is 0.970. The van der Waals surface area contributed by atoms with Crippen LogP contribution < -0.4 is 10.2 Å². The molecule has 118 valence electrons. The number of nitrogens with one attached hydrogen (secondary N) is 1. The first-order chi connectivity index (χ1) is 11.1. The van der Waals surface area contributed by atoms with Crippen LogP contribution in [0.4, 0.5) is 11.4 Å². The highest BCUT2D eigenvalue weighted by atomic mass is 16.3. The highest BCUT2D eigenvalue weighted by Crippen LogP contribution is 2.27. The molecule has 1 aliphatic heterocycles. The number of nitrogens with zero attached hydrogens (tertiary/aromatic N) is 1. The number of hydrogen-bond acceptors (Lipinski definition) is 4. The number of rotatable bonds is 4. The first kappa shape index (κ1) is 15.1. The van der Waals surface area contributed by atoms with Crippen molar-refractivity contribution in [3.63, 3.8) is 0 Å². The molecular formula is C18H18N2O3. The molecule has 2 amide bonds. The Labute approximate surface area is 134 Å². The van der Waals surface area contributed by atoms with Crippen LogP contribution in [0.1, 0.15) is 18.9 Å². The minimum atomic E-state index is -0.566. The molecule has 5 nitrogen and oxygen atoms in total. The molecule has 3 rings (SSSR count). The summed E-state index contributed by atoms with van der Waals surface area (Å²) >= 11 is 0. The van der Waals surface area contributed by atoms with Crippen molar-refractivity contribution in [1.82, 2.24) is 0 Å². The zero-order valence-corrected chi connectivity index (χ0v) is 12.8. The number of phenolic OH excluding ortho intramolecular Hbond substituents is 1. The fourth-order valence-electron chi connectivity index (χ4n) is 2.77. The third-order valence-corrected chi connectivity index (χ3v) is 3.98. The minimum absolute atomic E-state index is 0.0967. The molecule has 1 aliphatic rings. The SMILES string of the molecule is CCc1ccccc1NC1CC(=O)N(c2ccc(O)cc2)C1=O. The van der Waals surface area contributed by atoms with E-state index in [4.69, 9.17) is 0 Å². The standard InChI is InChI=1S/C18H18N2O3/c1-2-12-5-3-4-6-15(12)19-16-11-17(22)20(18(16)23)13-7-9-14(21)10-8-13/h3-10,16,19,21H,2,11H2,1H3. The predicted molar refractivity (Wildman–Crippen MR) is 88.4 cm³/mol. The molecule has 2 N–H and O–H groups in total. The van der Waals surface area contributed by atoms with Gasteiger partial charge in [0.1, 0.15) is 11.8 Å². The van der Waals surface area contributed by atoms with E-state index in [1.54, 1.807) is 12.1 Å². The molecule has 0 spiro atoms. The Bertz CT molecular complexity index is 740. The number of aromatic hydroxyl groups is 1. The number of hydrogen-bond donors (Lipinski definition) is 2. The van der Waals surface area contributed by atoms with Gasteiger partial charge < -0.3 is 10.4 Å². The van der Waals surface area contributed by atoms with Gasteiger partial charge in [-0.25, -0.2) is 4.90 Å². The summed E-state index contributed by atoms with van der Waals surface area (Å²) in [6.45, 7) is 2.05. The van der Waals surface area contributed by atoms with Gasteiger partial charge in [-0.2, -0.15) is 0 Å². The molecule has 0 aliphatic carbocycles. The Kier molecular flexibility index (Phi) is 4.02. The molecule has 1 fully saturated rings. The van der Waals surface area contributed by atoms with E-state index in [9.17, 15) is 14.7 Å². The summed E-state index contributed by atoms with van der Waals surface area (Å²) < 4.78 is 0. The minimum Gasteiger partial charge on any atom is -0.508 e. The van der Waals surface area contributed by atoms with E-state index < -0.39 is 6.04 Å². The van der Waals surface area contributed by atoms with Crippen molar-refractivity contribution < 1.29 is 14.7 Å². The zero-order chi connectivity index (χ0) is 16.4. The highest BCUT2D eigenvalue weighted by molar-refractivity contribution is 6.23. The van der Waals surface area contributed by atoms with Crippen LogP contribution in [0, 0.1) is 0 Å². The summed E-state index contributed by atoms with van der Waals surface area (Å²) in [5.74, 6) is -0.418. The Morgan fingerprint density at radius 3 is 2.52 bits per heavy atom. The second-order valence-electron chi connectivity index (χ2n) is 5.50. The van der Waals surface area contributed by atoms with E-state index in [1.807, 2.05) is 31.2 Å². The van der Waals surface area contributed by atoms with E-state index in [-0.39, 0.29) is 24.0 Å². The van der Waals surface area contributed by atoms with E-state index in [0.29, 0.717) is 5.69 Å². The summed E-state index contributed by atoms with van der Waals surface area (Å²) in [7, 11) is 0. The van der Waals surface area contributed by atoms with Crippen LogP contribution in [-0.2, 0) is 16.0 Å². The number of benzene rings is 2. The number of anilines is 2. The van der Waals surface area contributed by atoms with Crippen LogP contribution in [0.2, 0.25) is 0 Å². The molecule has 5 heteroatoms. The Balaban J connectivity index is 1.82. The van der Waals surface area contributed by atoms with Crippen molar-refractivity contribution in [2.75, 3.05) is 10.2 Å². The van der Waals surface area contributed by atoms with Crippen LogP contribution in [0.5, 0.6) is 5.75 Å². The van der Waals surface area contributed by atoms with Crippen LogP contribution in [-0.4, -0.2) is 23.0 Å². The second kappa shape index (κ2) is 6.12. The largest absolute Gasteiger partial charge is 0.508 e. The Morgan fingerprint density at radius 2 is 1.83 bits per heavy atom. The van der Waals surface area contributed by atoms with Gasteiger partial charge in [-0.15, -0.1) is 0 Å². The maximum atomic E-state index is 12.6. The molecule has 0 radical (unpaired) electrons. The maximum absolute atomic E-state index is 12.6. The van der Waals surface area contributed by atoms with Gasteiger partial charge >= 0.3 is 0 Å². The third-order valence-electron chi connectivity index (χ3n) is 3.98. The molecule has 2 aromatic carbocycles. The lowest BCUT2D eigenvalue weighted by atomic mass is 10.1. The van der Waals surface area contributed by atoms with Gasteiger partial charge in [-0.3, -0.25) is 9.59 Å². The number of imide groups is 1. The van der Waals surface area contributed by atoms with Crippen LogP contribution in [0.3, 0.4) is 0 Å². The first-order valence-corrected chi connectivity index (χ1v) is 7.60. The summed E-state index contributed by atoms with van der Waals surface area (Å²) in [5, 5.41) is 12.5. The molecule has 1 heterocycles. The number of carbonyl (C=O) groups excluding carboxylic acids is 2. The molecule has 0 aromatic heterocycles. The average Bonchev–Trinajstić information content (AvgIpc) is 2.83. The maximum Gasteiger partial charge on any atom is 0.256 e. The van der Waals surface area contributed by atoms with Gasteiger partial charge in [0.15, 0.2) is 0 Å². The number of para-hydroxylation sites is 1. The molecule has 0 saturated carbocycles. The monoisotopic (exact) mass is 310 g/mol. The van der Waals surface area contributed by atoms with Crippen molar-refractivity contribution in [1.29, 1.82) is 0 Å². The lowest BCUT2D eigenvalue weighted by Gasteiger charge is -2.17. The van der Waals surface area contributed by atoms with E-state index in [2.05, 4.69) is 5.32 Å².